The van der Waals surface area contributed by atoms with Crippen LogP contribution in [0.4, 0.5) is 0 Å². The van der Waals surface area contributed by atoms with Gasteiger partial charge in [-0.15, -0.1) is 0 Å². The first-order valence-electron chi connectivity index (χ1n) is 3.83. The molecule has 2 heteroatoms. The third kappa shape index (κ3) is 1.18. The van der Waals surface area contributed by atoms with Gasteiger partial charge in [0.15, 0.2) is 0 Å². The summed E-state index contributed by atoms with van der Waals surface area (Å²) in [6.07, 6.45) is 1.91. The molecule has 1 fully saturated rings. The minimum Gasteiger partial charge on any atom is -0.389 e. The number of methoxy groups -OCH3 is 1. The van der Waals surface area contributed by atoms with Crippen molar-refractivity contribution < 1.29 is 9.84 Å². The Morgan fingerprint density at radius 3 is 2.30 bits per heavy atom. The Hall–Kier alpha value is -0.0800. The van der Waals surface area contributed by atoms with Crippen molar-refractivity contribution in [2.75, 3.05) is 7.11 Å². The maximum Gasteiger partial charge on any atom is 0.0719 e. The normalized spacial score (nSPS) is 39.9. The molecule has 0 aromatic rings. The van der Waals surface area contributed by atoms with E-state index in [2.05, 4.69) is 0 Å². The predicted octanol–water partition coefficient (Wildman–Crippen LogP) is 1.18. The highest BCUT2D eigenvalue weighted by molar-refractivity contribution is 4.96. The SMILES string of the molecule is COC1CC(O)(C(C)C)C1. The second kappa shape index (κ2) is 2.51. The monoisotopic (exact) mass is 144 g/mol. The van der Waals surface area contributed by atoms with Crippen molar-refractivity contribution in [3.63, 3.8) is 0 Å². The largest absolute Gasteiger partial charge is 0.389 e. The topological polar surface area (TPSA) is 29.5 Å². The first-order chi connectivity index (χ1) is 4.58. The summed E-state index contributed by atoms with van der Waals surface area (Å²) >= 11 is 0. The molecule has 1 aliphatic carbocycles. The zero-order chi connectivity index (χ0) is 7.78. The maximum atomic E-state index is 9.71. The maximum absolute atomic E-state index is 9.71. The van der Waals surface area contributed by atoms with Gasteiger partial charge in [0.05, 0.1) is 11.7 Å². The highest BCUT2D eigenvalue weighted by Gasteiger charge is 2.44. The molecule has 0 radical (unpaired) electrons. The Labute approximate surface area is 62.2 Å². The van der Waals surface area contributed by atoms with Gasteiger partial charge in [-0.05, 0) is 5.92 Å². The Kier molecular flexibility index (Phi) is 2.02. The molecule has 0 heterocycles. The highest BCUT2D eigenvalue weighted by atomic mass is 16.5. The number of aliphatic hydroxyl groups is 1. The molecule has 0 aliphatic heterocycles. The first kappa shape index (κ1) is 8.02. The van der Waals surface area contributed by atoms with Gasteiger partial charge in [0.2, 0.25) is 0 Å². The summed E-state index contributed by atoms with van der Waals surface area (Å²) in [7, 11) is 1.70. The molecule has 1 aliphatic rings. The fourth-order valence-electron chi connectivity index (χ4n) is 1.37. The van der Waals surface area contributed by atoms with Crippen LogP contribution in [-0.2, 0) is 4.74 Å². The van der Waals surface area contributed by atoms with Crippen molar-refractivity contribution >= 4 is 0 Å². The van der Waals surface area contributed by atoms with Crippen LogP contribution in [0.5, 0.6) is 0 Å². The minimum absolute atomic E-state index is 0.299. The van der Waals surface area contributed by atoms with E-state index < -0.39 is 5.60 Å². The highest BCUT2D eigenvalue weighted by Crippen LogP contribution is 2.39. The molecule has 60 valence electrons. The van der Waals surface area contributed by atoms with Crippen LogP contribution in [-0.4, -0.2) is 23.9 Å². The second-order valence-electron chi connectivity index (χ2n) is 3.52. The quantitative estimate of drug-likeness (QED) is 0.630. The molecule has 1 saturated carbocycles. The lowest BCUT2D eigenvalue weighted by atomic mass is 9.70. The molecule has 0 atom stereocenters. The van der Waals surface area contributed by atoms with E-state index in [-0.39, 0.29) is 0 Å². The molecule has 0 amide bonds. The van der Waals surface area contributed by atoms with Crippen LogP contribution in [0.1, 0.15) is 26.7 Å². The number of hydrogen-bond acceptors (Lipinski definition) is 2. The molecular weight excluding hydrogens is 128 g/mol. The predicted molar refractivity (Wildman–Crippen MR) is 39.8 cm³/mol. The summed E-state index contributed by atoms with van der Waals surface area (Å²) < 4.78 is 5.07. The van der Waals surface area contributed by atoms with Crippen molar-refractivity contribution in [3.8, 4) is 0 Å². The van der Waals surface area contributed by atoms with Gasteiger partial charge >= 0.3 is 0 Å². The van der Waals surface area contributed by atoms with Crippen LogP contribution >= 0.6 is 0 Å². The van der Waals surface area contributed by atoms with Crippen LogP contribution in [0, 0.1) is 5.92 Å². The Morgan fingerprint density at radius 2 is 2.00 bits per heavy atom. The zero-order valence-corrected chi connectivity index (χ0v) is 6.92. The molecule has 0 bridgehead atoms. The fourth-order valence-corrected chi connectivity index (χ4v) is 1.37. The van der Waals surface area contributed by atoms with E-state index in [1.165, 1.54) is 0 Å². The summed E-state index contributed by atoms with van der Waals surface area (Å²) in [5.41, 5.74) is -0.430. The lowest BCUT2D eigenvalue weighted by Gasteiger charge is -2.45. The summed E-state index contributed by atoms with van der Waals surface area (Å²) in [5, 5.41) is 9.71. The summed E-state index contributed by atoms with van der Waals surface area (Å²) in [5.74, 6) is 0.360. The minimum atomic E-state index is -0.430. The van der Waals surface area contributed by atoms with E-state index >= 15 is 0 Å². The van der Waals surface area contributed by atoms with Crippen LogP contribution in [0.2, 0.25) is 0 Å². The summed E-state index contributed by atoms with van der Waals surface area (Å²) in [6, 6.07) is 0. The van der Waals surface area contributed by atoms with E-state index in [1.807, 2.05) is 13.8 Å². The van der Waals surface area contributed by atoms with Crippen LogP contribution < -0.4 is 0 Å². The Balaban J connectivity index is 2.34. The van der Waals surface area contributed by atoms with Gasteiger partial charge in [0, 0.05) is 20.0 Å². The lowest BCUT2D eigenvalue weighted by molar-refractivity contribution is -0.151. The van der Waals surface area contributed by atoms with Crippen molar-refractivity contribution in [3.05, 3.63) is 0 Å². The summed E-state index contributed by atoms with van der Waals surface area (Å²) in [6.45, 7) is 4.10. The van der Waals surface area contributed by atoms with Gasteiger partial charge in [-0.2, -0.15) is 0 Å². The molecule has 10 heavy (non-hydrogen) atoms. The molecule has 0 saturated heterocycles. The van der Waals surface area contributed by atoms with Crippen LogP contribution in [0.25, 0.3) is 0 Å². The first-order valence-corrected chi connectivity index (χ1v) is 3.83. The van der Waals surface area contributed by atoms with Gasteiger partial charge in [-0.1, -0.05) is 13.8 Å². The molecule has 1 rings (SSSR count). The zero-order valence-electron chi connectivity index (χ0n) is 6.92. The van der Waals surface area contributed by atoms with Crippen molar-refractivity contribution in [2.45, 2.75) is 38.4 Å². The van der Waals surface area contributed by atoms with Gasteiger partial charge in [-0.25, -0.2) is 0 Å². The second-order valence-corrected chi connectivity index (χ2v) is 3.52. The Morgan fingerprint density at radius 1 is 1.50 bits per heavy atom. The third-order valence-electron chi connectivity index (χ3n) is 2.57. The van der Waals surface area contributed by atoms with Crippen molar-refractivity contribution in [2.24, 2.45) is 5.92 Å². The standard InChI is InChI=1S/C8H16O2/c1-6(2)8(9)4-7(5-8)10-3/h6-7,9H,4-5H2,1-3H3. The van der Waals surface area contributed by atoms with Gasteiger partial charge < -0.3 is 9.84 Å². The average molecular weight is 144 g/mol. The fraction of sp³-hybridized carbons (Fsp3) is 1.00. The number of ether oxygens (including phenoxy) is 1. The summed E-state index contributed by atoms with van der Waals surface area (Å²) in [4.78, 5) is 0. The third-order valence-corrected chi connectivity index (χ3v) is 2.57. The molecule has 0 aromatic heterocycles. The van der Waals surface area contributed by atoms with E-state index in [0.717, 1.165) is 12.8 Å². The van der Waals surface area contributed by atoms with Crippen molar-refractivity contribution in [1.82, 2.24) is 0 Å². The van der Waals surface area contributed by atoms with Crippen LogP contribution in [0.3, 0.4) is 0 Å². The number of rotatable bonds is 2. The van der Waals surface area contributed by atoms with E-state index in [1.54, 1.807) is 7.11 Å². The van der Waals surface area contributed by atoms with E-state index in [0.29, 0.717) is 12.0 Å². The Bertz CT molecular complexity index is 114. The number of hydrogen-bond donors (Lipinski definition) is 1. The molecule has 0 unspecified atom stereocenters. The molecule has 0 spiro atoms. The molecular formula is C8H16O2. The lowest BCUT2D eigenvalue weighted by Crippen LogP contribution is -2.51. The van der Waals surface area contributed by atoms with Gasteiger partial charge in [0.1, 0.15) is 0 Å². The smallest absolute Gasteiger partial charge is 0.0719 e. The molecule has 2 nitrogen and oxygen atoms in total. The molecule has 0 aromatic carbocycles. The van der Waals surface area contributed by atoms with E-state index in [9.17, 15) is 5.11 Å². The van der Waals surface area contributed by atoms with Crippen molar-refractivity contribution in [1.29, 1.82) is 0 Å². The average Bonchev–Trinajstić information content (AvgIpc) is 1.80. The van der Waals surface area contributed by atoms with Gasteiger partial charge in [0.25, 0.3) is 0 Å². The van der Waals surface area contributed by atoms with Gasteiger partial charge in [-0.3, -0.25) is 0 Å². The van der Waals surface area contributed by atoms with E-state index in [4.69, 9.17) is 4.74 Å². The molecule has 1 N–H and O–H groups in total. The van der Waals surface area contributed by atoms with Crippen LogP contribution in [0.15, 0.2) is 0 Å².